The third kappa shape index (κ3) is 5.07. The summed E-state index contributed by atoms with van der Waals surface area (Å²) >= 11 is 3.32. The number of aromatic amines is 1. The summed E-state index contributed by atoms with van der Waals surface area (Å²) in [6.07, 6.45) is 0.437. The number of H-pyrrole nitrogens is 1. The molecule has 2 aromatic carbocycles. The van der Waals surface area contributed by atoms with Gasteiger partial charge in [-0.15, -0.1) is 11.3 Å². The quantitative estimate of drug-likeness (QED) is 0.151. The Kier molecular flexibility index (Phi) is 6.63. The van der Waals surface area contributed by atoms with E-state index in [4.69, 9.17) is 4.98 Å². The summed E-state index contributed by atoms with van der Waals surface area (Å²) in [5.74, 6) is 0.00854. The second kappa shape index (κ2) is 9.34. The molecule has 4 aromatic rings. The van der Waals surface area contributed by atoms with Crippen molar-refractivity contribution < 1.29 is 10.0 Å². The van der Waals surface area contributed by atoms with E-state index in [-0.39, 0.29) is 29.0 Å². The van der Waals surface area contributed by atoms with E-state index in [0.29, 0.717) is 26.2 Å². The Labute approximate surface area is 213 Å². The van der Waals surface area contributed by atoms with Crippen LogP contribution in [-0.2, 0) is 18.4 Å². The van der Waals surface area contributed by atoms with Crippen LogP contribution in [0.25, 0.3) is 10.9 Å². The number of hydrogen-bond donors (Lipinski definition) is 3. The predicted molar refractivity (Wildman–Crippen MR) is 143 cm³/mol. The lowest BCUT2D eigenvalue weighted by atomic mass is 9.90. The second-order valence-electron chi connectivity index (χ2n) is 8.97. The zero-order valence-electron chi connectivity index (χ0n) is 18.8. The van der Waals surface area contributed by atoms with Crippen molar-refractivity contribution in [3.8, 4) is 5.75 Å². The third-order valence-electron chi connectivity index (χ3n) is 5.36. The van der Waals surface area contributed by atoms with E-state index in [1.54, 1.807) is 0 Å². The molecule has 0 radical (unpaired) electrons. The molecule has 0 atom stereocenters. The molecule has 2 aromatic heterocycles. The number of nitro benzene ring substituents is 1. The number of benzene rings is 2. The number of nitrogens with one attached hydrogen (secondary N) is 2. The van der Waals surface area contributed by atoms with Crippen LogP contribution < -0.4 is 10.9 Å². The van der Waals surface area contributed by atoms with Gasteiger partial charge in [0, 0.05) is 52.0 Å². The molecular weight excluding hydrogens is 567 g/mol. The van der Waals surface area contributed by atoms with Crippen LogP contribution in [0.4, 0.5) is 10.8 Å². The Hall–Kier alpha value is -2.99. The van der Waals surface area contributed by atoms with Crippen molar-refractivity contribution in [1.29, 1.82) is 0 Å². The van der Waals surface area contributed by atoms with Crippen molar-refractivity contribution in [3.63, 3.8) is 0 Å². The first-order chi connectivity index (χ1) is 16.0. The highest BCUT2D eigenvalue weighted by Gasteiger charge is 2.24. The number of anilines is 1. The number of rotatable bonds is 6. The first-order valence-corrected chi connectivity index (χ1v) is 12.4. The normalized spacial score (nSPS) is 11.6. The Morgan fingerprint density at radius 3 is 2.65 bits per heavy atom. The van der Waals surface area contributed by atoms with Crippen molar-refractivity contribution in [1.82, 2.24) is 9.97 Å². The Bertz CT molecular complexity index is 1460. The molecule has 2 heterocycles. The zero-order chi connectivity index (χ0) is 24.6. The fraction of sp³-hybridized carbons (Fsp3) is 0.250. The van der Waals surface area contributed by atoms with Gasteiger partial charge >= 0.3 is 0 Å². The molecule has 0 bridgehead atoms. The van der Waals surface area contributed by atoms with E-state index in [1.807, 2.05) is 52.9 Å². The fourth-order valence-corrected chi connectivity index (χ4v) is 5.54. The van der Waals surface area contributed by atoms with E-state index >= 15 is 0 Å². The van der Waals surface area contributed by atoms with E-state index in [0.717, 1.165) is 21.5 Å². The number of non-ortho nitro benzene ring substituents is 1. The van der Waals surface area contributed by atoms with Gasteiger partial charge in [0.05, 0.1) is 14.2 Å². The first-order valence-electron chi connectivity index (χ1n) is 10.5. The largest absolute Gasteiger partial charge is 0.506 e. The average Bonchev–Trinajstić information content (AvgIpc) is 3.18. The lowest BCUT2D eigenvalue weighted by Gasteiger charge is -2.17. The minimum Gasteiger partial charge on any atom is -0.506 e. The van der Waals surface area contributed by atoms with Crippen LogP contribution in [-0.4, -0.2) is 20.0 Å². The average molecular weight is 590 g/mol. The Morgan fingerprint density at radius 1 is 1.21 bits per heavy atom. The van der Waals surface area contributed by atoms with Crippen LogP contribution in [0.15, 0.2) is 47.3 Å². The number of phenolic OH excluding ortho intramolecular Hbond substituents is 1. The van der Waals surface area contributed by atoms with Crippen LogP contribution in [0.3, 0.4) is 0 Å². The van der Waals surface area contributed by atoms with Crippen molar-refractivity contribution >= 4 is 55.6 Å². The number of hydrogen-bond acceptors (Lipinski definition) is 7. The van der Waals surface area contributed by atoms with E-state index in [2.05, 4.69) is 31.1 Å². The lowest BCUT2D eigenvalue weighted by Crippen LogP contribution is -2.17. The summed E-state index contributed by atoms with van der Waals surface area (Å²) in [7, 11) is 0. The van der Waals surface area contributed by atoms with Crippen LogP contribution in [0.2, 0.25) is 0 Å². The first kappa shape index (κ1) is 24.1. The fourth-order valence-electron chi connectivity index (χ4n) is 3.68. The molecule has 0 amide bonds. The molecule has 176 valence electrons. The molecule has 0 spiro atoms. The van der Waals surface area contributed by atoms with Gasteiger partial charge in [-0.1, -0.05) is 39.0 Å². The molecule has 10 heteroatoms. The summed E-state index contributed by atoms with van der Waals surface area (Å²) in [4.78, 5) is 32.1. The number of fused-ring (bicyclic) bond motifs is 1. The molecule has 0 aliphatic carbocycles. The molecule has 0 aliphatic heterocycles. The molecule has 0 fully saturated rings. The topological polar surface area (TPSA) is 121 Å². The van der Waals surface area contributed by atoms with Gasteiger partial charge in [-0.25, -0.2) is 4.98 Å². The molecule has 4 rings (SSSR count). The number of nitro groups is 1. The smallest absolute Gasteiger partial charge is 0.271 e. The molecule has 34 heavy (non-hydrogen) atoms. The highest BCUT2D eigenvalue weighted by atomic mass is 127. The van der Waals surface area contributed by atoms with Crippen molar-refractivity contribution in [2.45, 2.75) is 39.2 Å². The summed E-state index contributed by atoms with van der Waals surface area (Å²) in [6, 6.07) is 12.3. The van der Waals surface area contributed by atoms with E-state index < -0.39 is 4.92 Å². The number of aromatic hydroxyl groups is 1. The second-order valence-corrected chi connectivity index (χ2v) is 11.2. The molecular formula is C24H23IN4O4S. The zero-order valence-corrected chi connectivity index (χ0v) is 21.8. The number of aromatic nitrogens is 2. The summed E-state index contributed by atoms with van der Waals surface area (Å²) in [5, 5.41) is 26.3. The van der Waals surface area contributed by atoms with Gasteiger partial charge in [-0.3, -0.25) is 14.9 Å². The summed E-state index contributed by atoms with van der Waals surface area (Å²) in [6.45, 7) is 6.37. The highest BCUT2D eigenvalue weighted by molar-refractivity contribution is 14.1. The number of nitrogens with zero attached hydrogens (tertiary/aromatic N) is 2. The number of phenols is 1. The van der Waals surface area contributed by atoms with Gasteiger partial charge in [0.15, 0.2) is 5.13 Å². The van der Waals surface area contributed by atoms with Gasteiger partial charge in [-0.2, -0.15) is 0 Å². The number of pyridine rings is 1. The minimum absolute atomic E-state index is 0.00854. The Morgan fingerprint density at radius 2 is 1.94 bits per heavy atom. The number of halogens is 1. The maximum atomic E-state index is 12.7. The van der Waals surface area contributed by atoms with Crippen LogP contribution in [0.1, 0.15) is 42.5 Å². The van der Waals surface area contributed by atoms with Crippen molar-refractivity contribution in [2.24, 2.45) is 0 Å². The van der Waals surface area contributed by atoms with Gasteiger partial charge in [0.2, 0.25) is 0 Å². The standard InChI is InChI=1S/C24H23IN4O4S/c1-24(2,3)21-19(10-14-8-13-6-4-5-7-18(13)27-22(14)31)34-23(28-21)26-12-15-9-16(29(32)33)11-17(25)20(15)30/h4-9,11,30H,10,12H2,1-3H3,(H,26,28)(H,27,31). The van der Waals surface area contributed by atoms with Gasteiger partial charge < -0.3 is 15.4 Å². The van der Waals surface area contributed by atoms with Gasteiger partial charge in [-0.05, 0) is 40.1 Å². The maximum absolute atomic E-state index is 12.7. The number of thiazole rings is 1. The van der Waals surface area contributed by atoms with Crippen molar-refractivity contribution in [2.75, 3.05) is 5.32 Å². The van der Waals surface area contributed by atoms with Crippen LogP contribution >= 0.6 is 33.9 Å². The predicted octanol–water partition coefficient (Wildman–Crippen LogP) is 5.70. The van der Waals surface area contributed by atoms with E-state index in [1.165, 1.54) is 23.5 Å². The molecule has 0 aliphatic rings. The third-order valence-corrected chi connectivity index (χ3v) is 7.19. The molecule has 8 nitrogen and oxygen atoms in total. The highest BCUT2D eigenvalue weighted by Crippen LogP contribution is 2.35. The monoisotopic (exact) mass is 590 g/mol. The summed E-state index contributed by atoms with van der Waals surface area (Å²) in [5.41, 5.74) is 2.29. The Balaban J connectivity index is 1.65. The molecule has 0 unspecified atom stereocenters. The van der Waals surface area contributed by atoms with E-state index in [9.17, 15) is 20.0 Å². The lowest BCUT2D eigenvalue weighted by molar-refractivity contribution is -0.385. The van der Waals surface area contributed by atoms with Gasteiger partial charge in [0.25, 0.3) is 11.2 Å². The molecule has 0 saturated carbocycles. The van der Waals surface area contributed by atoms with Crippen LogP contribution in [0.5, 0.6) is 5.75 Å². The van der Waals surface area contributed by atoms with Crippen molar-refractivity contribution in [3.05, 3.63) is 88.2 Å². The molecule has 3 N–H and O–H groups in total. The maximum Gasteiger partial charge on any atom is 0.271 e. The van der Waals surface area contributed by atoms with Gasteiger partial charge in [0.1, 0.15) is 5.75 Å². The molecule has 0 saturated heterocycles. The minimum atomic E-state index is -0.481. The summed E-state index contributed by atoms with van der Waals surface area (Å²) < 4.78 is 0.411. The number of para-hydroxylation sites is 1. The van der Waals surface area contributed by atoms with Crippen LogP contribution in [0, 0.1) is 13.7 Å². The SMILES string of the molecule is CC(C)(C)c1nc(NCc2cc([N+](=O)[O-])cc(I)c2O)sc1Cc1cc2ccccc2[nH]c1=O.